The Morgan fingerprint density at radius 1 is 1.61 bits per heavy atom. The molecule has 18 heavy (non-hydrogen) atoms. The zero-order valence-electron chi connectivity index (χ0n) is 11.3. The molecule has 0 aliphatic carbocycles. The molecule has 0 saturated carbocycles. The van der Waals surface area contributed by atoms with Crippen LogP contribution in [0.1, 0.15) is 38.8 Å². The molecule has 4 nitrogen and oxygen atoms in total. The van der Waals surface area contributed by atoms with E-state index in [1.165, 1.54) is 0 Å². The third-order valence-corrected chi connectivity index (χ3v) is 3.85. The fourth-order valence-corrected chi connectivity index (χ4v) is 2.59. The van der Waals surface area contributed by atoms with Crippen LogP contribution in [0.3, 0.4) is 0 Å². The molecule has 0 aromatic carbocycles. The van der Waals surface area contributed by atoms with Crippen LogP contribution < -0.4 is 5.73 Å². The number of nitrogens with two attached hydrogens (primary N) is 1. The van der Waals surface area contributed by atoms with E-state index in [0.717, 1.165) is 25.0 Å². The minimum absolute atomic E-state index is 0.0529. The minimum atomic E-state index is -0.0529. The van der Waals surface area contributed by atoms with Crippen molar-refractivity contribution in [3.8, 4) is 0 Å². The van der Waals surface area contributed by atoms with Crippen LogP contribution in [0.15, 0.2) is 18.3 Å². The summed E-state index contributed by atoms with van der Waals surface area (Å²) in [5.74, 6) is 0.213. The van der Waals surface area contributed by atoms with E-state index in [0.29, 0.717) is 13.0 Å². The quantitative estimate of drug-likeness (QED) is 0.856. The van der Waals surface area contributed by atoms with Crippen LogP contribution in [0.5, 0.6) is 0 Å². The first-order valence-corrected chi connectivity index (χ1v) is 6.67. The maximum atomic E-state index is 12.3. The van der Waals surface area contributed by atoms with Crippen LogP contribution in [0.25, 0.3) is 0 Å². The highest BCUT2D eigenvalue weighted by Crippen LogP contribution is 2.27. The van der Waals surface area contributed by atoms with Gasteiger partial charge in [0, 0.05) is 36.4 Å². The fourth-order valence-electron chi connectivity index (χ4n) is 2.59. The Hall–Kier alpha value is -1.29. The number of nitrogens with zero attached hydrogens (tertiary/aromatic N) is 1. The molecule has 3 N–H and O–H groups in total. The summed E-state index contributed by atoms with van der Waals surface area (Å²) in [7, 11) is 0. The Labute approximate surface area is 109 Å². The van der Waals surface area contributed by atoms with Gasteiger partial charge in [-0.15, -0.1) is 0 Å². The van der Waals surface area contributed by atoms with E-state index in [1.54, 1.807) is 0 Å². The first-order valence-electron chi connectivity index (χ1n) is 6.67. The molecule has 1 aliphatic rings. The molecule has 1 amide bonds. The van der Waals surface area contributed by atoms with Gasteiger partial charge in [0.25, 0.3) is 0 Å². The van der Waals surface area contributed by atoms with E-state index in [1.807, 2.05) is 23.2 Å². The molecule has 1 aromatic heterocycles. The summed E-state index contributed by atoms with van der Waals surface area (Å²) in [4.78, 5) is 17.4. The number of amides is 1. The van der Waals surface area contributed by atoms with Crippen molar-refractivity contribution in [2.24, 2.45) is 5.73 Å². The Bertz CT molecular complexity index is 397. The molecule has 2 heterocycles. The van der Waals surface area contributed by atoms with E-state index < -0.39 is 0 Å². The number of rotatable bonds is 3. The number of nitrogens with one attached hydrogen (secondary N) is 1. The molecule has 0 bridgehead atoms. The number of aromatic amines is 1. The van der Waals surface area contributed by atoms with Crippen molar-refractivity contribution in [1.82, 2.24) is 9.88 Å². The summed E-state index contributed by atoms with van der Waals surface area (Å²) in [6, 6.07) is 4.11. The van der Waals surface area contributed by atoms with Gasteiger partial charge in [0.2, 0.25) is 5.91 Å². The molecule has 1 unspecified atom stereocenters. The van der Waals surface area contributed by atoms with Crippen molar-refractivity contribution in [2.75, 3.05) is 6.54 Å². The Morgan fingerprint density at radius 3 is 3.06 bits per heavy atom. The van der Waals surface area contributed by atoms with Gasteiger partial charge in [0.05, 0.1) is 0 Å². The molecule has 100 valence electrons. The second-order valence-corrected chi connectivity index (χ2v) is 5.81. The van der Waals surface area contributed by atoms with Gasteiger partial charge in [-0.3, -0.25) is 4.79 Å². The van der Waals surface area contributed by atoms with E-state index in [9.17, 15) is 4.79 Å². The first kappa shape index (κ1) is 13.1. The van der Waals surface area contributed by atoms with Gasteiger partial charge in [0.15, 0.2) is 0 Å². The monoisotopic (exact) mass is 249 g/mol. The summed E-state index contributed by atoms with van der Waals surface area (Å²) in [6.45, 7) is 4.95. The number of hydrogen-bond acceptors (Lipinski definition) is 2. The first-order chi connectivity index (χ1) is 8.49. The zero-order valence-corrected chi connectivity index (χ0v) is 11.3. The number of H-pyrrole nitrogens is 1. The second-order valence-electron chi connectivity index (χ2n) is 5.81. The highest BCUT2D eigenvalue weighted by atomic mass is 16.2. The lowest BCUT2D eigenvalue weighted by Crippen LogP contribution is -2.56. The number of likely N-dealkylation sites (tertiary alicyclic amines) is 1. The van der Waals surface area contributed by atoms with E-state index in [4.69, 9.17) is 5.73 Å². The molecule has 4 heteroatoms. The van der Waals surface area contributed by atoms with Crippen LogP contribution in [0.2, 0.25) is 0 Å². The van der Waals surface area contributed by atoms with Gasteiger partial charge in [-0.05, 0) is 45.2 Å². The lowest BCUT2D eigenvalue weighted by Gasteiger charge is -2.44. The third-order valence-electron chi connectivity index (χ3n) is 3.85. The SMILES string of the molecule is CC1(C)CCC(N)CN1C(=O)CCc1ccc[nH]1. The van der Waals surface area contributed by atoms with Gasteiger partial charge >= 0.3 is 0 Å². The number of carbonyl (C=O) groups excluding carboxylic acids is 1. The number of aryl methyl sites for hydroxylation is 1. The number of piperidine rings is 1. The van der Waals surface area contributed by atoms with Crippen LogP contribution in [-0.4, -0.2) is 33.9 Å². The lowest BCUT2D eigenvalue weighted by molar-refractivity contribution is -0.138. The van der Waals surface area contributed by atoms with Crippen molar-refractivity contribution < 1.29 is 4.79 Å². The molecule has 1 aromatic rings. The normalized spacial score (nSPS) is 23.1. The van der Waals surface area contributed by atoms with Crippen molar-refractivity contribution in [3.05, 3.63) is 24.0 Å². The standard InChI is InChI=1S/C14H23N3O/c1-14(2)8-7-11(15)10-17(14)13(18)6-5-12-4-3-9-16-12/h3-4,9,11,16H,5-8,10,15H2,1-2H3. The second kappa shape index (κ2) is 5.14. The van der Waals surface area contributed by atoms with Crippen molar-refractivity contribution in [1.29, 1.82) is 0 Å². The van der Waals surface area contributed by atoms with Crippen molar-refractivity contribution >= 4 is 5.91 Å². The smallest absolute Gasteiger partial charge is 0.223 e. The molecule has 2 rings (SSSR count). The number of hydrogen-bond donors (Lipinski definition) is 2. The molecule has 1 aliphatic heterocycles. The minimum Gasteiger partial charge on any atom is -0.365 e. The van der Waals surface area contributed by atoms with Gasteiger partial charge in [-0.1, -0.05) is 0 Å². The molecular weight excluding hydrogens is 226 g/mol. The highest BCUT2D eigenvalue weighted by Gasteiger charge is 2.35. The van der Waals surface area contributed by atoms with Gasteiger partial charge < -0.3 is 15.6 Å². The van der Waals surface area contributed by atoms with E-state index in [2.05, 4.69) is 18.8 Å². The third kappa shape index (κ3) is 2.93. The number of carbonyl (C=O) groups is 1. The largest absolute Gasteiger partial charge is 0.365 e. The van der Waals surface area contributed by atoms with Crippen LogP contribution >= 0.6 is 0 Å². The summed E-state index contributed by atoms with van der Waals surface area (Å²) in [5.41, 5.74) is 7.04. The zero-order chi connectivity index (χ0) is 13.2. The molecule has 1 atom stereocenters. The predicted octanol–water partition coefficient (Wildman–Crippen LogP) is 1.68. The summed E-state index contributed by atoms with van der Waals surface area (Å²) in [6.07, 6.45) is 5.21. The molecular formula is C14H23N3O. The maximum Gasteiger partial charge on any atom is 0.223 e. The van der Waals surface area contributed by atoms with Gasteiger partial charge in [-0.25, -0.2) is 0 Å². The Morgan fingerprint density at radius 2 is 2.39 bits per heavy atom. The van der Waals surface area contributed by atoms with Crippen molar-refractivity contribution in [2.45, 2.75) is 51.1 Å². The molecule has 1 saturated heterocycles. The van der Waals surface area contributed by atoms with E-state index in [-0.39, 0.29) is 17.5 Å². The Balaban J connectivity index is 1.94. The summed E-state index contributed by atoms with van der Waals surface area (Å²) >= 11 is 0. The molecule has 0 spiro atoms. The molecule has 0 radical (unpaired) electrons. The lowest BCUT2D eigenvalue weighted by atomic mass is 9.88. The van der Waals surface area contributed by atoms with Crippen LogP contribution in [0.4, 0.5) is 0 Å². The van der Waals surface area contributed by atoms with Gasteiger partial charge in [0.1, 0.15) is 0 Å². The summed E-state index contributed by atoms with van der Waals surface area (Å²) in [5, 5.41) is 0. The van der Waals surface area contributed by atoms with Crippen LogP contribution in [-0.2, 0) is 11.2 Å². The molecule has 1 fully saturated rings. The summed E-state index contributed by atoms with van der Waals surface area (Å²) < 4.78 is 0. The highest BCUT2D eigenvalue weighted by molar-refractivity contribution is 5.77. The Kier molecular flexibility index (Phi) is 3.76. The van der Waals surface area contributed by atoms with E-state index >= 15 is 0 Å². The predicted molar refractivity (Wildman–Crippen MR) is 72.1 cm³/mol. The van der Waals surface area contributed by atoms with Gasteiger partial charge in [-0.2, -0.15) is 0 Å². The fraction of sp³-hybridized carbons (Fsp3) is 0.643. The maximum absolute atomic E-state index is 12.3. The average molecular weight is 249 g/mol. The average Bonchev–Trinajstić information content (AvgIpc) is 2.82. The van der Waals surface area contributed by atoms with Crippen LogP contribution in [0, 0.1) is 0 Å². The van der Waals surface area contributed by atoms with Crippen molar-refractivity contribution in [3.63, 3.8) is 0 Å². The topological polar surface area (TPSA) is 62.1 Å². The number of aromatic nitrogens is 1.